The molecule has 4 aromatic rings. The predicted molar refractivity (Wildman–Crippen MR) is 131 cm³/mol. The Morgan fingerprint density at radius 2 is 1.67 bits per heavy atom. The van der Waals surface area contributed by atoms with Crippen molar-refractivity contribution in [1.29, 1.82) is 0 Å². The molecule has 0 aliphatic carbocycles. The van der Waals surface area contributed by atoms with Crippen LogP contribution in [0, 0.1) is 6.92 Å². The molecule has 0 saturated heterocycles. The summed E-state index contributed by atoms with van der Waals surface area (Å²) in [7, 11) is 1.63. The topological polar surface area (TPSA) is 69.0 Å². The van der Waals surface area contributed by atoms with Crippen molar-refractivity contribution in [3.05, 3.63) is 101 Å². The van der Waals surface area contributed by atoms with Crippen molar-refractivity contribution in [1.82, 2.24) is 20.1 Å². The summed E-state index contributed by atoms with van der Waals surface area (Å²) in [4.78, 5) is 12.9. The third-order valence-electron chi connectivity index (χ3n) is 5.10. The van der Waals surface area contributed by atoms with Gasteiger partial charge in [0, 0.05) is 10.7 Å². The third-order valence-corrected chi connectivity index (χ3v) is 6.28. The second-order valence-electron chi connectivity index (χ2n) is 7.31. The molecule has 3 aromatic carbocycles. The molecule has 168 valence electrons. The van der Waals surface area contributed by atoms with Crippen LogP contribution in [0.25, 0.3) is 5.69 Å². The monoisotopic (exact) mass is 478 g/mol. The standard InChI is InChI=1S/C25H23ClN4O2S/c1-17-28-29-25(30(17)21-12-14-22(32-2)15-13-21)33-16-23(31)27-24(18-6-4-3-5-7-18)19-8-10-20(26)11-9-19/h3-15,24H,16H2,1-2H3,(H,27,31). The fourth-order valence-electron chi connectivity index (χ4n) is 3.46. The minimum atomic E-state index is -0.280. The minimum absolute atomic E-state index is 0.106. The first-order valence-corrected chi connectivity index (χ1v) is 11.7. The number of carbonyl (C=O) groups excluding carboxylic acids is 1. The third kappa shape index (κ3) is 5.56. The molecule has 0 saturated carbocycles. The van der Waals surface area contributed by atoms with Gasteiger partial charge in [-0.3, -0.25) is 9.36 Å². The summed E-state index contributed by atoms with van der Waals surface area (Å²) in [6, 6.07) is 24.7. The summed E-state index contributed by atoms with van der Waals surface area (Å²) in [6.07, 6.45) is 0. The van der Waals surface area contributed by atoms with Gasteiger partial charge in [-0.2, -0.15) is 0 Å². The van der Waals surface area contributed by atoms with E-state index in [0.717, 1.165) is 28.4 Å². The highest BCUT2D eigenvalue weighted by atomic mass is 35.5. The number of aryl methyl sites for hydroxylation is 1. The molecule has 0 aliphatic heterocycles. The van der Waals surface area contributed by atoms with E-state index in [-0.39, 0.29) is 17.7 Å². The molecule has 1 atom stereocenters. The summed E-state index contributed by atoms with van der Waals surface area (Å²) >= 11 is 7.40. The predicted octanol–water partition coefficient (Wildman–Crippen LogP) is 5.24. The molecule has 0 bridgehead atoms. The number of halogens is 1. The molecule has 1 N–H and O–H groups in total. The van der Waals surface area contributed by atoms with Crippen molar-refractivity contribution in [2.45, 2.75) is 18.1 Å². The molecule has 0 spiro atoms. The number of ether oxygens (including phenoxy) is 1. The van der Waals surface area contributed by atoms with Crippen molar-refractivity contribution in [3.8, 4) is 11.4 Å². The van der Waals surface area contributed by atoms with Crippen LogP contribution in [0.1, 0.15) is 23.0 Å². The molecular formula is C25H23ClN4O2S. The number of thioether (sulfide) groups is 1. The lowest BCUT2D eigenvalue weighted by Crippen LogP contribution is -2.30. The van der Waals surface area contributed by atoms with Crippen LogP contribution in [-0.2, 0) is 4.79 Å². The second-order valence-corrected chi connectivity index (χ2v) is 8.69. The molecule has 4 rings (SSSR count). The van der Waals surface area contributed by atoms with Crippen LogP contribution in [0.4, 0.5) is 0 Å². The van der Waals surface area contributed by atoms with Gasteiger partial charge in [0.15, 0.2) is 5.16 Å². The molecule has 6 nitrogen and oxygen atoms in total. The molecule has 0 fully saturated rings. The number of rotatable bonds is 8. The normalized spacial score (nSPS) is 11.7. The molecule has 0 aliphatic rings. The summed E-state index contributed by atoms with van der Waals surface area (Å²) in [5, 5.41) is 12.9. The van der Waals surface area contributed by atoms with Gasteiger partial charge >= 0.3 is 0 Å². The lowest BCUT2D eigenvalue weighted by atomic mass is 9.99. The van der Waals surface area contributed by atoms with E-state index >= 15 is 0 Å². The number of methoxy groups -OCH3 is 1. The van der Waals surface area contributed by atoms with Crippen LogP contribution in [0.5, 0.6) is 5.75 Å². The maximum absolute atomic E-state index is 12.9. The van der Waals surface area contributed by atoms with Crippen LogP contribution in [0.2, 0.25) is 5.02 Å². The Labute approximate surface area is 202 Å². The zero-order chi connectivity index (χ0) is 23.2. The van der Waals surface area contributed by atoms with Gasteiger partial charge in [-0.25, -0.2) is 0 Å². The molecule has 8 heteroatoms. The first-order valence-electron chi connectivity index (χ1n) is 10.3. The van der Waals surface area contributed by atoms with Crippen molar-refractivity contribution in [2.24, 2.45) is 0 Å². The van der Waals surface area contributed by atoms with Crippen molar-refractivity contribution in [3.63, 3.8) is 0 Å². The Hall–Kier alpha value is -3.29. The summed E-state index contributed by atoms with van der Waals surface area (Å²) in [5.74, 6) is 1.61. The Morgan fingerprint density at radius 1 is 1.00 bits per heavy atom. The average molecular weight is 479 g/mol. The molecule has 1 aromatic heterocycles. The maximum Gasteiger partial charge on any atom is 0.231 e. The highest BCUT2D eigenvalue weighted by molar-refractivity contribution is 7.99. The fourth-order valence-corrected chi connectivity index (χ4v) is 4.39. The van der Waals surface area contributed by atoms with Crippen molar-refractivity contribution < 1.29 is 9.53 Å². The van der Waals surface area contributed by atoms with E-state index in [4.69, 9.17) is 16.3 Å². The highest BCUT2D eigenvalue weighted by Gasteiger charge is 2.19. The summed E-state index contributed by atoms with van der Waals surface area (Å²) in [5.41, 5.74) is 2.86. The number of benzene rings is 3. The van der Waals surface area contributed by atoms with Gasteiger partial charge in [0.1, 0.15) is 11.6 Å². The quantitative estimate of drug-likeness (QED) is 0.351. The number of hydrogen-bond donors (Lipinski definition) is 1. The van der Waals surface area contributed by atoms with E-state index in [9.17, 15) is 4.79 Å². The van der Waals surface area contributed by atoms with Gasteiger partial charge in [0.25, 0.3) is 0 Å². The van der Waals surface area contributed by atoms with E-state index in [1.54, 1.807) is 7.11 Å². The van der Waals surface area contributed by atoms with Gasteiger partial charge in [-0.1, -0.05) is 65.8 Å². The van der Waals surface area contributed by atoms with Gasteiger partial charge in [-0.15, -0.1) is 10.2 Å². The lowest BCUT2D eigenvalue weighted by molar-refractivity contribution is -0.119. The highest BCUT2D eigenvalue weighted by Crippen LogP contribution is 2.26. The van der Waals surface area contributed by atoms with E-state index in [2.05, 4.69) is 15.5 Å². The molecule has 1 amide bonds. The molecule has 0 radical (unpaired) electrons. The van der Waals surface area contributed by atoms with Crippen LogP contribution in [0.15, 0.2) is 84.0 Å². The number of nitrogens with zero attached hydrogens (tertiary/aromatic N) is 3. The van der Waals surface area contributed by atoms with Crippen molar-refractivity contribution >= 4 is 29.3 Å². The zero-order valence-electron chi connectivity index (χ0n) is 18.2. The number of hydrogen-bond acceptors (Lipinski definition) is 5. The first kappa shape index (κ1) is 22.9. The van der Waals surface area contributed by atoms with Gasteiger partial charge in [-0.05, 0) is 54.4 Å². The minimum Gasteiger partial charge on any atom is -0.497 e. The Morgan fingerprint density at radius 3 is 2.33 bits per heavy atom. The fraction of sp³-hybridized carbons (Fsp3) is 0.160. The maximum atomic E-state index is 12.9. The summed E-state index contributed by atoms with van der Waals surface area (Å²) < 4.78 is 7.16. The van der Waals surface area contributed by atoms with Crippen LogP contribution in [0.3, 0.4) is 0 Å². The second kappa shape index (κ2) is 10.6. The largest absolute Gasteiger partial charge is 0.497 e. The zero-order valence-corrected chi connectivity index (χ0v) is 19.8. The van der Waals surface area contributed by atoms with E-state index < -0.39 is 0 Å². The van der Waals surface area contributed by atoms with Crippen LogP contribution in [-0.4, -0.2) is 33.5 Å². The number of aromatic nitrogens is 3. The van der Waals surface area contributed by atoms with Crippen LogP contribution < -0.4 is 10.1 Å². The lowest BCUT2D eigenvalue weighted by Gasteiger charge is -2.20. The smallest absolute Gasteiger partial charge is 0.231 e. The SMILES string of the molecule is COc1ccc(-n2c(C)nnc2SCC(=O)NC(c2ccccc2)c2ccc(Cl)cc2)cc1. The molecule has 1 unspecified atom stereocenters. The van der Waals surface area contributed by atoms with Gasteiger partial charge < -0.3 is 10.1 Å². The van der Waals surface area contributed by atoms with E-state index in [1.807, 2.05) is 90.4 Å². The number of carbonyl (C=O) groups is 1. The summed E-state index contributed by atoms with van der Waals surface area (Å²) in [6.45, 7) is 1.88. The Balaban J connectivity index is 1.49. The van der Waals surface area contributed by atoms with Gasteiger partial charge in [0.2, 0.25) is 5.91 Å². The molecular weight excluding hydrogens is 456 g/mol. The Bertz CT molecular complexity index is 1210. The molecule has 33 heavy (non-hydrogen) atoms. The van der Waals surface area contributed by atoms with Crippen LogP contribution >= 0.6 is 23.4 Å². The number of nitrogens with one attached hydrogen (secondary N) is 1. The molecule has 1 heterocycles. The van der Waals surface area contributed by atoms with E-state index in [0.29, 0.717) is 10.2 Å². The number of amides is 1. The first-order chi connectivity index (χ1) is 16.0. The average Bonchev–Trinajstić information content (AvgIpc) is 3.22. The van der Waals surface area contributed by atoms with E-state index in [1.165, 1.54) is 11.8 Å². The Kier molecular flexibility index (Phi) is 7.32. The van der Waals surface area contributed by atoms with Crippen molar-refractivity contribution in [2.75, 3.05) is 12.9 Å². The van der Waals surface area contributed by atoms with Gasteiger partial charge in [0.05, 0.1) is 18.9 Å².